The minimum atomic E-state index is -1.01. The number of Topliss-reactive ketones (excluding diaryl/α,β-unsaturated/α-hetero) is 1. The van der Waals surface area contributed by atoms with Crippen LogP contribution >= 0.6 is 0 Å². The van der Waals surface area contributed by atoms with E-state index in [0.29, 0.717) is 5.56 Å². The topological polar surface area (TPSA) is 103 Å². The van der Waals surface area contributed by atoms with Crippen LogP contribution in [-0.4, -0.2) is 41.2 Å². The number of pyridine rings is 1. The van der Waals surface area contributed by atoms with Crippen LogP contribution in [0.1, 0.15) is 18.9 Å². The Morgan fingerprint density at radius 1 is 1.48 bits per heavy atom. The molecule has 0 unspecified atom stereocenters. The maximum atomic E-state index is 11.9. The Bertz CT molecular complexity index is 478. The highest BCUT2D eigenvalue weighted by Gasteiger charge is 2.23. The van der Waals surface area contributed by atoms with Crippen LogP contribution in [0, 0.1) is 5.92 Å². The number of nitrogens with two attached hydrogens (primary N) is 1. The zero-order valence-corrected chi connectivity index (χ0v) is 11.8. The van der Waals surface area contributed by atoms with Gasteiger partial charge in [-0.15, -0.1) is 0 Å². The number of halogens is 1. The van der Waals surface area contributed by atoms with Crippen molar-refractivity contribution in [2.45, 2.75) is 25.8 Å². The van der Waals surface area contributed by atoms with Crippen LogP contribution in [-0.2, 0) is 16.0 Å². The molecule has 1 aromatic rings. The maximum Gasteiger partial charge on any atom is 0.306 e. The summed E-state index contributed by atoms with van der Waals surface area (Å²) in [5.74, 6) is -1.73. The third-order valence-electron chi connectivity index (χ3n) is 3.02. The fraction of sp³-hybridized carbons (Fsp3) is 0.500. The number of carboxylic acids is 1. The highest BCUT2D eigenvalue weighted by molar-refractivity contribution is 5.82. The van der Waals surface area contributed by atoms with Crippen molar-refractivity contribution in [1.29, 1.82) is 0 Å². The standard InChI is InChI=1S/C14H19FN2O4/c1-9(18)12(16)7-11(14(19)20)6-10-2-3-13(17-8-10)21-5-4-15/h2-3,8,11-12H,4-7,16H2,1H3,(H,19,20)/t11-,12-/m0/s1. The van der Waals surface area contributed by atoms with Gasteiger partial charge in [0, 0.05) is 12.3 Å². The first-order valence-corrected chi connectivity index (χ1v) is 6.56. The molecule has 0 aliphatic carbocycles. The lowest BCUT2D eigenvalue weighted by Gasteiger charge is -2.15. The number of aromatic nitrogens is 1. The largest absolute Gasteiger partial charge is 0.481 e. The summed E-state index contributed by atoms with van der Waals surface area (Å²) in [5, 5.41) is 9.18. The summed E-state index contributed by atoms with van der Waals surface area (Å²) in [4.78, 5) is 26.3. The number of nitrogens with zero attached hydrogens (tertiary/aromatic N) is 1. The van der Waals surface area contributed by atoms with Gasteiger partial charge in [0.15, 0.2) is 0 Å². The van der Waals surface area contributed by atoms with Crippen LogP contribution in [0.4, 0.5) is 4.39 Å². The molecule has 21 heavy (non-hydrogen) atoms. The van der Waals surface area contributed by atoms with Gasteiger partial charge in [0.2, 0.25) is 5.88 Å². The SMILES string of the molecule is CC(=O)[C@@H](N)C[C@H](Cc1ccc(OCCF)nc1)C(=O)O. The third kappa shape index (κ3) is 5.86. The van der Waals surface area contributed by atoms with Crippen molar-refractivity contribution in [1.82, 2.24) is 4.98 Å². The van der Waals surface area contributed by atoms with E-state index in [1.54, 1.807) is 12.1 Å². The molecule has 2 atom stereocenters. The Morgan fingerprint density at radius 3 is 2.67 bits per heavy atom. The van der Waals surface area contributed by atoms with Gasteiger partial charge in [0.25, 0.3) is 0 Å². The predicted octanol–water partition coefficient (Wildman–Crippen LogP) is 0.980. The second kappa shape index (κ2) is 8.31. The van der Waals surface area contributed by atoms with Crippen LogP contribution < -0.4 is 10.5 Å². The normalized spacial score (nSPS) is 13.5. The number of ether oxygens (including phenoxy) is 1. The second-order valence-electron chi connectivity index (χ2n) is 4.73. The van der Waals surface area contributed by atoms with Gasteiger partial charge >= 0.3 is 5.97 Å². The quantitative estimate of drug-likeness (QED) is 0.704. The number of rotatable bonds is 9. The Balaban J connectivity index is 2.66. The van der Waals surface area contributed by atoms with Gasteiger partial charge in [-0.2, -0.15) is 0 Å². The summed E-state index contributed by atoms with van der Waals surface area (Å²) in [6.45, 7) is 0.660. The van der Waals surface area contributed by atoms with E-state index in [0.717, 1.165) is 0 Å². The second-order valence-corrected chi connectivity index (χ2v) is 4.73. The van der Waals surface area contributed by atoms with Crippen LogP contribution in [0.25, 0.3) is 0 Å². The first kappa shape index (κ1) is 17.0. The summed E-state index contributed by atoms with van der Waals surface area (Å²) < 4.78 is 16.9. The number of alkyl halides is 1. The molecule has 0 radical (unpaired) electrons. The number of hydrogen-bond acceptors (Lipinski definition) is 5. The molecule has 6 nitrogen and oxygen atoms in total. The molecular formula is C14H19FN2O4. The molecule has 1 rings (SSSR count). The first-order valence-electron chi connectivity index (χ1n) is 6.56. The van der Waals surface area contributed by atoms with E-state index in [4.69, 9.17) is 10.5 Å². The summed E-state index contributed by atoms with van der Waals surface area (Å²) in [6, 6.07) is 2.43. The van der Waals surface area contributed by atoms with Gasteiger partial charge in [-0.25, -0.2) is 9.37 Å². The Morgan fingerprint density at radius 2 is 2.19 bits per heavy atom. The van der Waals surface area contributed by atoms with E-state index in [-0.39, 0.29) is 31.1 Å². The van der Waals surface area contributed by atoms with E-state index in [1.807, 2.05) is 0 Å². The molecule has 116 valence electrons. The molecule has 0 saturated heterocycles. The number of ketones is 1. The molecule has 0 bridgehead atoms. The number of hydrogen-bond donors (Lipinski definition) is 2. The lowest BCUT2D eigenvalue weighted by molar-refractivity contribution is -0.142. The van der Waals surface area contributed by atoms with E-state index in [2.05, 4.69) is 4.98 Å². The highest BCUT2D eigenvalue weighted by Crippen LogP contribution is 2.16. The van der Waals surface area contributed by atoms with Gasteiger partial charge in [0.05, 0.1) is 12.0 Å². The molecule has 3 N–H and O–H groups in total. The minimum absolute atomic E-state index is 0.0719. The average molecular weight is 298 g/mol. The first-order chi connectivity index (χ1) is 9.93. The monoisotopic (exact) mass is 298 g/mol. The Kier molecular flexibility index (Phi) is 6.74. The fourth-order valence-electron chi connectivity index (χ4n) is 1.79. The minimum Gasteiger partial charge on any atom is -0.481 e. The van der Waals surface area contributed by atoms with Gasteiger partial charge in [-0.05, 0) is 25.3 Å². The Hall–Kier alpha value is -2.02. The number of carboxylic acid groups (broad SMARTS) is 1. The average Bonchev–Trinajstić information content (AvgIpc) is 2.45. The zero-order chi connectivity index (χ0) is 15.8. The van der Waals surface area contributed by atoms with Crippen molar-refractivity contribution in [2.75, 3.05) is 13.3 Å². The van der Waals surface area contributed by atoms with Crippen LogP contribution in [0.5, 0.6) is 5.88 Å². The van der Waals surface area contributed by atoms with Crippen molar-refractivity contribution in [3.8, 4) is 5.88 Å². The van der Waals surface area contributed by atoms with Crippen molar-refractivity contribution < 1.29 is 23.8 Å². The molecule has 0 aliphatic heterocycles. The molecule has 0 amide bonds. The summed E-state index contributed by atoms with van der Waals surface area (Å²) >= 11 is 0. The highest BCUT2D eigenvalue weighted by atomic mass is 19.1. The Labute approximate surface area is 122 Å². The lowest BCUT2D eigenvalue weighted by atomic mass is 9.92. The fourth-order valence-corrected chi connectivity index (χ4v) is 1.79. The molecule has 0 spiro atoms. The van der Waals surface area contributed by atoms with Crippen molar-refractivity contribution in [3.05, 3.63) is 23.9 Å². The van der Waals surface area contributed by atoms with Gasteiger partial charge in [-0.1, -0.05) is 6.07 Å². The molecule has 1 aromatic heterocycles. The molecule has 7 heteroatoms. The maximum absolute atomic E-state index is 11.9. The van der Waals surface area contributed by atoms with Gasteiger partial charge in [-0.3, -0.25) is 9.59 Å². The molecule has 1 heterocycles. The summed E-state index contributed by atoms with van der Waals surface area (Å²) in [5.41, 5.74) is 6.29. The van der Waals surface area contributed by atoms with Gasteiger partial charge < -0.3 is 15.6 Å². The van der Waals surface area contributed by atoms with Crippen molar-refractivity contribution >= 4 is 11.8 Å². The number of carbonyl (C=O) groups excluding carboxylic acids is 1. The van der Waals surface area contributed by atoms with E-state index < -0.39 is 24.6 Å². The number of aliphatic carboxylic acids is 1. The zero-order valence-electron chi connectivity index (χ0n) is 11.8. The van der Waals surface area contributed by atoms with Crippen molar-refractivity contribution in [2.24, 2.45) is 11.7 Å². The van der Waals surface area contributed by atoms with E-state index in [1.165, 1.54) is 13.1 Å². The smallest absolute Gasteiger partial charge is 0.306 e. The van der Waals surface area contributed by atoms with Crippen molar-refractivity contribution in [3.63, 3.8) is 0 Å². The van der Waals surface area contributed by atoms with Crippen LogP contribution in [0.3, 0.4) is 0 Å². The molecule has 0 saturated carbocycles. The van der Waals surface area contributed by atoms with E-state index >= 15 is 0 Å². The molecule has 0 fully saturated rings. The van der Waals surface area contributed by atoms with E-state index in [9.17, 15) is 19.1 Å². The lowest BCUT2D eigenvalue weighted by Crippen LogP contribution is -2.33. The van der Waals surface area contributed by atoms with Crippen LogP contribution in [0.2, 0.25) is 0 Å². The molecule has 0 aliphatic rings. The molecule has 0 aromatic carbocycles. The summed E-state index contributed by atoms with van der Waals surface area (Å²) in [6.07, 6.45) is 1.76. The predicted molar refractivity (Wildman–Crippen MR) is 73.8 cm³/mol. The third-order valence-corrected chi connectivity index (χ3v) is 3.02. The van der Waals surface area contributed by atoms with Crippen LogP contribution in [0.15, 0.2) is 18.3 Å². The number of carbonyl (C=O) groups is 2. The summed E-state index contributed by atoms with van der Waals surface area (Å²) in [7, 11) is 0. The van der Waals surface area contributed by atoms with Gasteiger partial charge in [0.1, 0.15) is 19.1 Å². The molecular weight excluding hydrogens is 279 g/mol.